The highest BCUT2D eigenvalue weighted by molar-refractivity contribution is 5.82. The van der Waals surface area contributed by atoms with Crippen molar-refractivity contribution in [1.29, 1.82) is 0 Å². The van der Waals surface area contributed by atoms with Crippen LogP contribution in [-0.4, -0.2) is 16.6 Å². The van der Waals surface area contributed by atoms with Crippen molar-refractivity contribution in [1.82, 2.24) is 5.32 Å². The summed E-state index contributed by atoms with van der Waals surface area (Å²) in [5, 5.41) is 11.6. The largest absolute Gasteiger partial charge is 0.480 e. The molecule has 0 aromatic rings. The van der Waals surface area contributed by atoms with Crippen molar-refractivity contribution < 1.29 is 9.90 Å². The topological polar surface area (TPSA) is 49.3 Å². The zero-order valence-electron chi connectivity index (χ0n) is 6.85. The molecule has 1 fully saturated rings. The SMILES string of the molecule is CC(C)=CNC1(C(=O)O)CC1. The van der Waals surface area contributed by atoms with E-state index in [9.17, 15) is 4.79 Å². The third kappa shape index (κ3) is 1.73. The van der Waals surface area contributed by atoms with E-state index in [-0.39, 0.29) is 0 Å². The molecule has 0 saturated heterocycles. The number of hydrogen-bond acceptors (Lipinski definition) is 2. The van der Waals surface area contributed by atoms with Gasteiger partial charge in [0.25, 0.3) is 0 Å². The molecular weight excluding hydrogens is 142 g/mol. The number of hydrogen-bond donors (Lipinski definition) is 2. The monoisotopic (exact) mass is 155 g/mol. The molecule has 0 aromatic heterocycles. The first-order valence-electron chi connectivity index (χ1n) is 3.71. The molecule has 0 radical (unpaired) electrons. The van der Waals surface area contributed by atoms with E-state index < -0.39 is 11.5 Å². The fourth-order valence-corrected chi connectivity index (χ4v) is 0.827. The third-order valence-corrected chi connectivity index (χ3v) is 1.80. The van der Waals surface area contributed by atoms with Crippen molar-refractivity contribution in [2.75, 3.05) is 0 Å². The van der Waals surface area contributed by atoms with Gasteiger partial charge < -0.3 is 10.4 Å². The second kappa shape index (κ2) is 2.57. The predicted octanol–water partition coefficient (Wildman–Crippen LogP) is 1.12. The van der Waals surface area contributed by atoms with Gasteiger partial charge in [0.15, 0.2) is 0 Å². The van der Waals surface area contributed by atoms with E-state index in [1.807, 2.05) is 13.8 Å². The van der Waals surface area contributed by atoms with Crippen LogP contribution in [0.2, 0.25) is 0 Å². The molecule has 0 atom stereocenters. The van der Waals surface area contributed by atoms with Crippen LogP contribution >= 0.6 is 0 Å². The Labute approximate surface area is 66.1 Å². The van der Waals surface area contributed by atoms with Crippen molar-refractivity contribution >= 4 is 5.97 Å². The summed E-state index contributed by atoms with van der Waals surface area (Å²) < 4.78 is 0. The van der Waals surface area contributed by atoms with Crippen LogP contribution in [0.25, 0.3) is 0 Å². The Bertz CT molecular complexity index is 200. The average Bonchev–Trinajstić information content (AvgIpc) is 2.63. The van der Waals surface area contributed by atoms with Crippen LogP contribution in [0.3, 0.4) is 0 Å². The van der Waals surface area contributed by atoms with E-state index in [1.165, 1.54) is 0 Å². The van der Waals surface area contributed by atoms with Crippen LogP contribution < -0.4 is 5.32 Å². The van der Waals surface area contributed by atoms with E-state index in [0.29, 0.717) is 0 Å². The molecule has 0 amide bonds. The van der Waals surface area contributed by atoms with Gasteiger partial charge in [-0.05, 0) is 32.9 Å². The van der Waals surface area contributed by atoms with Gasteiger partial charge in [0.2, 0.25) is 0 Å². The predicted molar refractivity (Wildman–Crippen MR) is 42.2 cm³/mol. The molecule has 62 valence electrons. The smallest absolute Gasteiger partial charge is 0.329 e. The fraction of sp³-hybridized carbons (Fsp3) is 0.625. The number of aliphatic carboxylic acids is 1. The molecule has 0 bridgehead atoms. The lowest BCUT2D eigenvalue weighted by Gasteiger charge is -2.09. The van der Waals surface area contributed by atoms with Crippen molar-refractivity contribution in [2.24, 2.45) is 0 Å². The molecule has 3 heteroatoms. The Hall–Kier alpha value is -0.990. The highest BCUT2D eigenvalue weighted by Gasteiger charge is 2.49. The molecule has 0 aromatic carbocycles. The van der Waals surface area contributed by atoms with Gasteiger partial charge in [-0.3, -0.25) is 0 Å². The maximum Gasteiger partial charge on any atom is 0.329 e. The average molecular weight is 155 g/mol. The Balaban J connectivity index is 2.49. The van der Waals surface area contributed by atoms with E-state index in [0.717, 1.165) is 18.4 Å². The Morgan fingerprint density at radius 3 is 2.36 bits per heavy atom. The summed E-state index contributed by atoms with van der Waals surface area (Å²) >= 11 is 0. The maximum atomic E-state index is 10.6. The molecule has 1 aliphatic carbocycles. The summed E-state index contributed by atoms with van der Waals surface area (Å²) in [6.07, 6.45) is 3.25. The highest BCUT2D eigenvalue weighted by atomic mass is 16.4. The van der Waals surface area contributed by atoms with Crippen LogP contribution in [0, 0.1) is 0 Å². The maximum absolute atomic E-state index is 10.6. The molecule has 1 rings (SSSR count). The van der Waals surface area contributed by atoms with Gasteiger partial charge in [-0.2, -0.15) is 0 Å². The van der Waals surface area contributed by atoms with Gasteiger partial charge in [0.05, 0.1) is 0 Å². The van der Waals surface area contributed by atoms with Gasteiger partial charge in [-0.25, -0.2) is 4.79 Å². The van der Waals surface area contributed by atoms with E-state index in [2.05, 4.69) is 5.32 Å². The van der Waals surface area contributed by atoms with E-state index in [1.54, 1.807) is 6.20 Å². The van der Waals surface area contributed by atoms with Crippen molar-refractivity contribution in [3.05, 3.63) is 11.8 Å². The molecule has 0 aliphatic heterocycles. The van der Waals surface area contributed by atoms with Crippen LogP contribution in [0.5, 0.6) is 0 Å². The lowest BCUT2D eigenvalue weighted by atomic mass is 10.3. The van der Waals surface area contributed by atoms with Gasteiger partial charge >= 0.3 is 5.97 Å². The van der Waals surface area contributed by atoms with E-state index >= 15 is 0 Å². The molecule has 1 aliphatic rings. The van der Waals surface area contributed by atoms with Gasteiger partial charge in [0, 0.05) is 0 Å². The number of carboxylic acids is 1. The first-order valence-corrected chi connectivity index (χ1v) is 3.71. The van der Waals surface area contributed by atoms with Gasteiger partial charge in [-0.15, -0.1) is 0 Å². The zero-order chi connectivity index (χ0) is 8.48. The number of carbonyl (C=O) groups is 1. The third-order valence-electron chi connectivity index (χ3n) is 1.80. The number of carboxylic acid groups (broad SMARTS) is 1. The summed E-state index contributed by atoms with van der Waals surface area (Å²) in [7, 11) is 0. The summed E-state index contributed by atoms with van der Waals surface area (Å²) in [5.41, 5.74) is 0.467. The molecular formula is C8H13NO2. The summed E-state index contributed by atoms with van der Waals surface area (Å²) in [4.78, 5) is 10.6. The minimum absolute atomic E-state index is 0.628. The highest BCUT2D eigenvalue weighted by Crippen LogP contribution is 2.35. The van der Waals surface area contributed by atoms with Crippen LogP contribution in [-0.2, 0) is 4.79 Å². The Kier molecular flexibility index (Phi) is 1.89. The molecule has 3 nitrogen and oxygen atoms in total. The second-order valence-electron chi connectivity index (χ2n) is 3.25. The first kappa shape index (κ1) is 8.11. The molecule has 1 saturated carbocycles. The number of rotatable bonds is 3. The lowest BCUT2D eigenvalue weighted by Crippen LogP contribution is -2.35. The first-order chi connectivity index (χ1) is 5.07. The standard InChI is InChI=1S/C8H13NO2/c1-6(2)5-9-8(3-4-8)7(10)11/h5,9H,3-4H2,1-2H3,(H,10,11). The van der Waals surface area contributed by atoms with Crippen molar-refractivity contribution in [2.45, 2.75) is 32.2 Å². The summed E-state index contributed by atoms with van der Waals surface area (Å²) in [5.74, 6) is -0.741. The Morgan fingerprint density at radius 1 is 1.55 bits per heavy atom. The van der Waals surface area contributed by atoms with Crippen molar-refractivity contribution in [3.8, 4) is 0 Å². The lowest BCUT2D eigenvalue weighted by molar-refractivity contribution is -0.140. The van der Waals surface area contributed by atoms with Crippen LogP contribution in [0.15, 0.2) is 11.8 Å². The molecule has 2 N–H and O–H groups in total. The van der Waals surface area contributed by atoms with E-state index in [4.69, 9.17) is 5.11 Å². The quantitative estimate of drug-likeness (QED) is 0.642. The van der Waals surface area contributed by atoms with Gasteiger partial charge in [-0.1, -0.05) is 5.57 Å². The van der Waals surface area contributed by atoms with Gasteiger partial charge in [0.1, 0.15) is 5.54 Å². The molecule has 0 spiro atoms. The fourth-order valence-electron chi connectivity index (χ4n) is 0.827. The van der Waals surface area contributed by atoms with Crippen molar-refractivity contribution in [3.63, 3.8) is 0 Å². The summed E-state index contributed by atoms with van der Waals surface area (Å²) in [6.45, 7) is 3.87. The normalized spacial score (nSPS) is 18.7. The molecule has 0 heterocycles. The molecule has 11 heavy (non-hydrogen) atoms. The number of nitrogens with one attached hydrogen (secondary N) is 1. The Morgan fingerprint density at radius 2 is 2.09 bits per heavy atom. The minimum atomic E-state index is -0.741. The second-order valence-corrected chi connectivity index (χ2v) is 3.25. The van der Waals surface area contributed by atoms with Crippen LogP contribution in [0.1, 0.15) is 26.7 Å². The summed E-state index contributed by atoms with van der Waals surface area (Å²) in [6, 6.07) is 0. The van der Waals surface area contributed by atoms with Crippen LogP contribution in [0.4, 0.5) is 0 Å². The number of allylic oxidation sites excluding steroid dienone is 1. The minimum Gasteiger partial charge on any atom is -0.480 e. The zero-order valence-corrected chi connectivity index (χ0v) is 6.85. The molecule has 0 unspecified atom stereocenters.